The number of hydrogen-bond acceptors (Lipinski definition) is 2. The van der Waals surface area contributed by atoms with Gasteiger partial charge in [0.2, 0.25) is 0 Å². The minimum Gasteiger partial charge on any atom is -0.374 e. The highest BCUT2D eigenvalue weighted by Gasteiger charge is 2.25. The van der Waals surface area contributed by atoms with Gasteiger partial charge in [-0.3, -0.25) is 0 Å². The highest BCUT2D eigenvalue weighted by molar-refractivity contribution is 7.89. The van der Waals surface area contributed by atoms with Crippen LogP contribution >= 0.6 is 0 Å². The summed E-state index contributed by atoms with van der Waals surface area (Å²) in [6.45, 7) is 2.32. The molecule has 0 amide bonds. The van der Waals surface area contributed by atoms with Gasteiger partial charge in [0.05, 0.1) is 10.8 Å². The molecule has 19 heavy (non-hydrogen) atoms. The Morgan fingerprint density at radius 3 is 2.53 bits per heavy atom. The Balaban J connectivity index is 1.94. The summed E-state index contributed by atoms with van der Waals surface area (Å²) in [5.41, 5.74) is 1.39. The summed E-state index contributed by atoms with van der Waals surface area (Å²) < 4.78 is 12.8. The minimum absolute atomic E-state index is 0.955. The normalized spacial score (nSPS) is 21.8. The Morgan fingerprint density at radius 1 is 0.895 bits per heavy atom. The van der Waals surface area contributed by atoms with Crippen molar-refractivity contribution in [2.75, 3.05) is 13.1 Å². The van der Waals surface area contributed by atoms with E-state index in [9.17, 15) is 4.21 Å². The molecule has 0 radical (unpaired) electrons. The molecule has 0 saturated carbocycles. The molecule has 2 aliphatic heterocycles. The molecule has 0 aliphatic carbocycles. The topological polar surface area (TPSA) is 20.3 Å². The van der Waals surface area contributed by atoms with E-state index in [1.165, 1.54) is 29.9 Å². The summed E-state index contributed by atoms with van der Waals surface area (Å²) in [7, 11) is -0.958. The van der Waals surface area contributed by atoms with Crippen molar-refractivity contribution in [2.24, 2.45) is 0 Å². The summed E-state index contributed by atoms with van der Waals surface area (Å²) >= 11 is 0. The van der Waals surface area contributed by atoms with Crippen LogP contribution in [0.15, 0.2) is 45.8 Å². The van der Waals surface area contributed by atoms with Crippen LogP contribution in [0, 0.1) is 0 Å². The van der Waals surface area contributed by atoms with Crippen molar-refractivity contribution in [1.29, 1.82) is 0 Å². The van der Waals surface area contributed by atoms with Crippen LogP contribution in [-0.4, -0.2) is 22.2 Å². The number of allylic oxidation sites excluding steroid dienone is 2. The van der Waals surface area contributed by atoms with Gasteiger partial charge >= 0.3 is 0 Å². The summed E-state index contributed by atoms with van der Waals surface area (Å²) in [4.78, 5) is 4.64. The fraction of sp³-hybridized carbons (Fsp3) is 0.500. The van der Waals surface area contributed by atoms with Gasteiger partial charge in [0.25, 0.3) is 0 Å². The molecular formula is C16H21NOS. The monoisotopic (exact) mass is 275 g/mol. The smallest absolute Gasteiger partial charge is 0.0825 e. The van der Waals surface area contributed by atoms with Crippen molar-refractivity contribution in [3.8, 4) is 0 Å². The number of nitrogens with zero attached hydrogens (tertiary/aromatic N) is 1. The largest absolute Gasteiger partial charge is 0.374 e. The lowest BCUT2D eigenvalue weighted by Crippen LogP contribution is -2.29. The zero-order chi connectivity index (χ0) is 13.1. The third kappa shape index (κ3) is 2.76. The molecule has 0 bridgehead atoms. The first-order valence-corrected chi connectivity index (χ1v) is 8.45. The van der Waals surface area contributed by atoms with Crippen molar-refractivity contribution in [2.45, 2.75) is 43.4 Å². The Labute approximate surface area is 118 Å². The van der Waals surface area contributed by atoms with Crippen LogP contribution in [0.3, 0.4) is 0 Å². The molecule has 2 heterocycles. The molecule has 1 fully saturated rings. The summed E-state index contributed by atoms with van der Waals surface area (Å²) in [6.07, 6.45) is 7.12. The number of hydrogen-bond donors (Lipinski definition) is 0. The fourth-order valence-corrected chi connectivity index (χ4v) is 4.55. The van der Waals surface area contributed by atoms with Crippen LogP contribution in [0.25, 0.3) is 0 Å². The Hall–Kier alpha value is -1.09. The second-order valence-corrected chi connectivity index (χ2v) is 6.85. The van der Waals surface area contributed by atoms with Crippen LogP contribution in [-0.2, 0) is 10.8 Å². The quantitative estimate of drug-likeness (QED) is 0.820. The molecule has 0 N–H and O–H groups in total. The standard InChI is InChI=1S/C16H21NOS/c18-19(14-8-3-1-4-9-14)16-11-7-13-17-12-6-2-5-10-15(16)17/h1,3-4,8-9H,2,5-7,10-13H2. The molecule has 102 valence electrons. The lowest BCUT2D eigenvalue weighted by atomic mass is 10.1. The molecule has 2 nitrogen and oxygen atoms in total. The maximum absolute atomic E-state index is 12.8. The predicted molar refractivity (Wildman–Crippen MR) is 79.2 cm³/mol. The van der Waals surface area contributed by atoms with Gasteiger partial charge in [0, 0.05) is 28.6 Å². The molecule has 0 aromatic heterocycles. The molecule has 1 atom stereocenters. The third-order valence-corrected chi connectivity index (χ3v) is 5.65. The lowest BCUT2D eigenvalue weighted by molar-refractivity contribution is 0.321. The van der Waals surface area contributed by atoms with Crippen molar-refractivity contribution >= 4 is 10.8 Å². The van der Waals surface area contributed by atoms with E-state index < -0.39 is 10.8 Å². The van der Waals surface area contributed by atoms with Gasteiger partial charge in [-0.05, 0) is 44.2 Å². The van der Waals surface area contributed by atoms with Gasteiger partial charge in [0.1, 0.15) is 0 Å². The number of fused-ring (bicyclic) bond motifs is 1. The summed E-state index contributed by atoms with van der Waals surface area (Å²) in [6, 6.07) is 9.91. The zero-order valence-electron chi connectivity index (χ0n) is 11.3. The molecule has 1 aromatic carbocycles. The number of benzene rings is 1. The Morgan fingerprint density at radius 2 is 1.68 bits per heavy atom. The SMILES string of the molecule is O=S(C1=C2CCCCCN2CCC1)c1ccccc1. The molecule has 1 unspecified atom stereocenters. The maximum atomic E-state index is 12.8. The van der Waals surface area contributed by atoms with Gasteiger partial charge in [-0.1, -0.05) is 24.6 Å². The summed E-state index contributed by atoms with van der Waals surface area (Å²) in [5.74, 6) is 0. The van der Waals surface area contributed by atoms with Crippen LogP contribution < -0.4 is 0 Å². The van der Waals surface area contributed by atoms with Crippen molar-refractivity contribution < 1.29 is 4.21 Å². The number of rotatable bonds is 2. The van der Waals surface area contributed by atoms with Gasteiger partial charge in [0.15, 0.2) is 0 Å². The zero-order valence-corrected chi connectivity index (χ0v) is 12.1. The van der Waals surface area contributed by atoms with E-state index in [1.54, 1.807) is 0 Å². The fourth-order valence-electron chi connectivity index (χ4n) is 3.09. The highest BCUT2D eigenvalue weighted by atomic mass is 32.2. The van der Waals surface area contributed by atoms with E-state index in [1.807, 2.05) is 30.3 Å². The molecule has 2 aliphatic rings. The van der Waals surface area contributed by atoms with Crippen LogP contribution in [0.1, 0.15) is 38.5 Å². The van der Waals surface area contributed by atoms with E-state index in [0.717, 1.165) is 37.2 Å². The molecule has 3 heteroatoms. The molecule has 1 aromatic rings. The van der Waals surface area contributed by atoms with Gasteiger partial charge in [-0.25, -0.2) is 4.21 Å². The molecule has 1 saturated heterocycles. The molecule has 3 rings (SSSR count). The second kappa shape index (κ2) is 5.91. The first kappa shape index (κ1) is 12.9. The van der Waals surface area contributed by atoms with Crippen LogP contribution in [0.2, 0.25) is 0 Å². The molecular weight excluding hydrogens is 254 g/mol. The highest BCUT2D eigenvalue weighted by Crippen LogP contribution is 2.33. The van der Waals surface area contributed by atoms with Gasteiger partial charge in [-0.2, -0.15) is 0 Å². The first-order valence-electron chi connectivity index (χ1n) is 7.30. The van der Waals surface area contributed by atoms with Crippen LogP contribution in [0.5, 0.6) is 0 Å². The Kier molecular flexibility index (Phi) is 4.02. The second-order valence-electron chi connectivity index (χ2n) is 5.35. The van der Waals surface area contributed by atoms with Gasteiger partial charge in [-0.15, -0.1) is 0 Å². The van der Waals surface area contributed by atoms with Crippen molar-refractivity contribution in [3.05, 3.63) is 40.9 Å². The van der Waals surface area contributed by atoms with Gasteiger partial charge < -0.3 is 4.90 Å². The van der Waals surface area contributed by atoms with E-state index >= 15 is 0 Å². The Bertz CT molecular complexity index is 495. The average Bonchev–Trinajstić information content (AvgIpc) is 2.72. The lowest BCUT2D eigenvalue weighted by Gasteiger charge is -2.32. The van der Waals surface area contributed by atoms with Crippen molar-refractivity contribution in [3.63, 3.8) is 0 Å². The molecule has 0 spiro atoms. The van der Waals surface area contributed by atoms with E-state index in [2.05, 4.69) is 4.90 Å². The van der Waals surface area contributed by atoms with E-state index in [4.69, 9.17) is 0 Å². The van der Waals surface area contributed by atoms with E-state index in [0.29, 0.717) is 0 Å². The van der Waals surface area contributed by atoms with Crippen LogP contribution in [0.4, 0.5) is 0 Å². The minimum atomic E-state index is -0.958. The first-order chi connectivity index (χ1) is 9.36. The summed E-state index contributed by atoms with van der Waals surface area (Å²) in [5, 5.41) is 0. The maximum Gasteiger partial charge on any atom is 0.0825 e. The van der Waals surface area contributed by atoms with Crippen molar-refractivity contribution in [1.82, 2.24) is 4.90 Å². The average molecular weight is 275 g/mol. The van der Waals surface area contributed by atoms with E-state index in [-0.39, 0.29) is 0 Å². The predicted octanol–water partition coefficient (Wildman–Crippen LogP) is 3.68. The third-order valence-electron chi connectivity index (χ3n) is 4.06.